The lowest BCUT2D eigenvalue weighted by atomic mass is 10.2. The molecule has 0 aliphatic carbocycles. The van der Waals surface area contributed by atoms with Gasteiger partial charge < -0.3 is 5.32 Å². The van der Waals surface area contributed by atoms with Crippen LogP contribution in [0.1, 0.15) is 15.9 Å². The van der Waals surface area contributed by atoms with E-state index in [1.807, 2.05) is 60.7 Å². The molecule has 0 radical (unpaired) electrons. The number of para-hydroxylation sites is 1. The normalized spacial score (nSPS) is 10.7. The van der Waals surface area contributed by atoms with Crippen molar-refractivity contribution in [2.45, 2.75) is 6.54 Å². The predicted octanol–water partition coefficient (Wildman–Crippen LogP) is 3.70. The molecular weight excluding hydrogens is 338 g/mol. The van der Waals surface area contributed by atoms with E-state index >= 15 is 0 Å². The number of rotatable bonds is 4. The van der Waals surface area contributed by atoms with Crippen molar-refractivity contribution in [2.24, 2.45) is 0 Å². The van der Waals surface area contributed by atoms with Gasteiger partial charge in [-0.1, -0.05) is 60.7 Å². The molecule has 27 heavy (non-hydrogen) atoms. The Kier molecular flexibility index (Phi) is 4.49. The van der Waals surface area contributed by atoms with Gasteiger partial charge in [-0.3, -0.25) is 9.36 Å². The van der Waals surface area contributed by atoms with Crippen molar-refractivity contribution in [3.63, 3.8) is 0 Å². The van der Waals surface area contributed by atoms with Crippen LogP contribution in [0.5, 0.6) is 0 Å². The first-order chi connectivity index (χ1) is 13.2. The first kappa shape index (κ1) is 16.7. The van der Waals surface area contributed by atoms with Crippen LogP contribution in [0.2, 0.25) is 0 Å². The highest BCUT2D eigenvalue weighted by Gasteiger charge is 2.13. The quantitative estimate of drug-likeness (QED) is 0.607. The van der Waals surface area contributed by atoms with E-state index in [0.717, 1.165) is 16.5 Å². The minimum absolute atomic E-state index is 0.272. The number of fused-ring (bicyclic) bond motifs is 1. The first-order valence-electron chi connectivity index (χ1n) is 8.62. The van der Waals surface area contributed by atoms with Crippen LogP contribution in [0.25, 0.3) is 10.9 Å². The predicted molar refractivity (Wildman–Crippen MR) is 106 cm³/mol. The Morgan fingerprint density at radius 3 is 2.22 bits per heavy atom. The van der Waals surface area contributed by atoms with E-state index in [1.54, 1.807) is 28.8 Å². The van der Waals surface area contributed by atoms with Gasteiger partial charge in [-0.15, -0.1) is 0 Å². The van der Waals surface area contributed by atoms with Crippen molar-refractivity contribution in [1.82, 2.24) is 9.55 Å². The van der Waals surface area contributed by atoms with Crippen LogP contribution in [0.4, 0.5) is 5.82 Å². The van der Waals surface area contributed by atoms with Gasteiger partial charge in [0.25, 0.3) is 5.91 Å². The summed E-state index contributed by atoms with van der Waals surface area (Å²) < 4.78 is 1.61. The van der Waals surface area contributed by atoms with Gasteiger partial charge >= 0.3 is 5.69 Å². The van der Waals surface area contributed by atoms with Crippen LogP contribution in [0.15, 0.2) is 89.7 Å². The summed E-state index contributed by atoms with van der Waals surface area (Å²) in [5, 5.41) is 3.49. The zero-order valence-electron chi connectivity index (χ0n) is 14.5. The highest BCUT2D eigenvalue weighted by atomic mass is 16.2. The summed E-state index contributed by atoms with van der Waals surface area (Å²) in [7, 11) is 0. The number of carbonyl (C=O) groups excluding carboxylic acids is 1. The molecule has 0 saturated heterocycles. The van der Waals surface area contributed by atoms with Gasteiger partial charge in [-0.25, -0.2) is 4.79 Å². The topological polar surface area (TPSA) is 64.0 Å². The zero-order chi connectivity index (χ0) is 18.6. The molecule has 0 atom stereocenters. The number of amides is 1. The molecule has 0 saturated carbocycles. The number of benzene rings is 3. The maximum Gasteiger partial charge on any atom is 0.350 e. The fourth-order valence-corrected chi connectivity index (χ4v) is 3.01. The molecule has 0 unspecified atom stereocenters. The maximum absolute atomic E-state index is 12.7. The maximum atomic E-state index is 12.7. The summed E-state index contributed by atoms with van der Waals surface area (Å²) >= 11 is 0. The van der Waals surface area contributed by atoms with Crippen molar-refractivity contribution in [1.29, 1.82) is 0 Å². The van der Waals surface area contributed by atoms with E-state index in [-0.39, 0.29) is 11.7 Å². The molecule has 1 amide bonds. The molecule has 0 bridgehead atoms. The zero-order valence-corrected chi connectivity index (χ0v) is 14.5. The third-order valence-corrected chi connectivity index (χ3v) is 4.34. The van der Waals surface area contributed by atoms with E-state index in [2.05, 4.69) is 10.3 Å². The highest BCUT2D eigenvalue weighted by molar-refractivity contribution is 6.07. The van der Waals surface area contributed by atoms with Crippen molar-refractivity contribution in [2.75, 3.05) is 5.32 Å². The van der Waals surface area contributed by atoms with Crippen molar-refractivity contribution in [3.05, 3.63) is 107 Å². The van der Waals surface area contributed by atoms with Gasteiger partial charge in [-0.05, 0) is 29.8 Å². The van der Waals surface area contributed by atoms with Crippen molar-refractivity contribution >= 4 is 22.6 Å². The number of nitrogens with zero attached hydrogens (tertiary/aromatic N) is 2. The lowest BCUT2D eigenvalue weighted by Crippen LogP contribution is -2.26. The highest BCUT2D eigenvalue weighted by Crippen LogP contribution is 2.20. The fraction of sp³-hybridized carbons (Fsp3) is 0.0455. The molecule has 1 N–H and O–H groups in total. The number of hydrogen-bond donors (Lipinski definition) is 1. The lowest BCUT2D eigenvalue weighted by molar-refractivity contribution is 0.102. The van der Waals surface area contributed by atoms with Gasteiger partial charge in [0, 0.05) is 10.9 Å². The average Bonchev–Trinajstić information content (AvgIpc) is 2.72. The molecule has 0 fully saturated rings. The largest absolute Gasteiger partial charge is 0.350 e. The average molecular weight is 355 g/mol. The Hall–Kier alpha value is -3.73. The van der Waals surface area contributed by atoms with Gasteiger partial charge in [0.2, 0.25) is 0 Å². The van der Waals surface area contributed by atoms with E-state index in [0.29, 0.717) is 12.1 Å². The summed E-state index contributed by atoms with van der Waals surface area (Å²) in [6, 6.07) is 26.0. The van der Waals surface area contributed by atoms with Gasteiger partial charge in [0.05, 0.1) is 12.1 Å². The van der Waals surface area contributed by atoms with E-state index in [1.165, 1.54) is 0 Å². The first-order valence-corrected chi connectivity index (χ1v) is 8.62. The van der Waals surface area contributed by atoms with Crippen LogP contribution in [0.3, 0.4) is 0 Å². The molecular formula is C22H17N3O2. The lowest BCUT2D eigenvalue weighted by Gasteiger charge is -2.13. The molecule has 4 rings (SSSR count). The summed E-state index contributed by atoms with van der Waals surface area (Å²) in [4.78, 5) is 29.3. The van der Waals surface area contributed by atoms with Gasteiger partial charge in [0.15, 0.2) is 0 Å². The molecule has 0 spiro atoms. The number of nitrogens with one attached hydrogen (secondary N) is 1. The third kappa shape index (κ3) is 3.48. The summed E-state index contributed by atoms with van der Waals surface area (Å²) in [5.74, 6) is -0.0257. The fourth-order valence-electron chi connectivity index (χ4n) is 3.01. The Labute approximate surface area is 155 Å². The second-order valence-corrected chi connectivity index (χ2v) is 6.15. The van der Waals surface area contributed by atoms with E-state index < -0.39 is 5.69 Å². The molecule has 3 aromatic carbocycles. The van der Waals surface area contributed by atoms with Crippen LogP contribution in [-0.4, -0.2) is 15.5 Å². The Bertz CT molecular complexity index is 1150. The molecule has 0 aliphatic rings. The molecule has 1 aromatic heterocycles. The molecule has 4 aromatic rings. The monoisotopic (exact) mass is 355 g/mol. The van der Waals surface area contributed by atoms with Gasteiger partial charge in [-0.2, -0.15) is 4.98 Å². The van der Waals surface area contributed by atoms with E-state index in [4.69, 9.17) is 0 Å². The number of carbonyl (C=O) groups is 1. The summed E-state index contributed by atoms with van der Waals surface area (Å²) in [6.45, 7) is 0.417. The number of hydrogen-bond acceptors (Lipinski definition) is 3. The second-order valence-electron chi connectivity index (χ2n) is 6.15. The van der Waals surface area contributed by atoms with Crippen LogP contribution < -0.4 is 11.0 Å². The molecule has 5 heteroatoms. The Morgan fingerprint density at radius 1 is 0.852 bits per heavy atom. The number of anilines is 1. The minimum Gasteiger partial charge on any atom is -0.306 e. The number of aromatic nitrogens is 2. The van der Waals surface area contributed by atoms with Gasteiger partial charge in [0.1, 0.15) is 5.82 Å². The SMILES string of the molecule is O=C(Nc1nc(=O)n(Cc2ccccc2)c2ccccc12)c1ccccc1. The van der Waals surface area contributed by atoms with Crippen LogP contribution >= 0.6 is 0 Å². The standard InChI is InChI=1S/C22H17N3O2/c26-21(17-11-5-2-6-12-17)23-20-18-13-7-8-14-19(18)25(22(27)24-20)15-16-9-3-1-4-10-16/h1-14H,15H2,(H,23,24,26,27). The molecule has 0 aliphatic heterocycles. The van der Waals surface area contributed by atoms with E-state index in [9.17, 15) is 9.59 Å². The molecule has 1 heterocycles. The van der Waals surface area contributed by atoms with Crippen LogP contribution in [-0.2, 0) is 6.54 Å². The summed E-state index contributed by atoms with van der Waals surface area (Å²) in [6.07, 6.45) is 0. The second kappa shape index (κ2) is 7.25. The Balaban J connectivity index is 1.77. The summed E-state index contributed by atoms with van der Waals surface area (Å²) in [5.41, 5.74) is 1.84. The minimum atomic E-state index is -0.402. The van der Waals surface area contributed by atoms with Crippen LogP contribution in [0, 0.1) is 0 Å². The molecule has 5 nitrogen and oxygen atoms in total. The van der Waals surface area contributed by atoms with Crippen molar-refractivity contribution in [3.8, 4) is 0 Å². The smallest absolute Gasteiger partial charge is 0.306 e. The molecule has 132 valence electrons. The Morgan fingerprint density at radius 2 is 1.48 bits per heavy atom. The van der Waals surface area contributed by atoms with Crippen molar-refractivity contribution < 1.29 is 4.79 Å². The third-order valence-electron chi connectivity index (χ3n) is 4.34.